The highest BCUT2D eigenvalue weighted by atomic mass is 14.2. The number of benzene rings is 6. The quantitative estimate of drug-likeness (QED) is 0.177. The molecular formula is C43H46. The Balaban J connectivity index is 0.000000283. The van der Waals surface area contributed by atoms with Gasteiger partial charge in [-0.25, -0.2) is 0 Å². The lowest BCUT2D eigenvalue weighted by atomic mass is 9.83. The van der Waals surface area contributed by atoms with Gasteiger partial charge in [-0.05, 0) is 90.2 Å². The Morgan fingerprint density at radius 3 is 1.21 bits per heavy atom. The summed E-state index contributed by atoms with van der Waals surface area (Å²) in [5.41, 5.74) is 10.9. The number of rotatable bonds is 6. The Hall–Kier alpha value is -4.16. The van der Waals surface area contributed by atoms with Gasteiger partial charge >= 0.3 is 0 Å². The van der Waals surface area contributed by atoms with E-state index < -0.39 is 0 Å². The van der Waals surface area contributed by atoms with Crippen molar-refractivity contribution in [1.82, 2.24) is 0 Å². The summed E-state index contributed by atoms with van der Waals surface area (Å²) in [4.78, 5) is 0. The minimum absolute atomic E-state index is 0.488. The minimum atomic E-state index is 0.488. The molecule has 0 saturated carbocycles. The van der Waals surface area contributed by atoms with E-state index in [4.69, 9.17) is 0 Å². The molecule has 0 saturated heterocycles. The fourth-order valence-electron chi connectivity index (χ4n) is 5.98. The van der Waals surface area contributed by atoms with E-state index in [0.717, 1.165) is 6.42 Å². The number of hydrogen-bond acceptors (Lipinski definition) is 0. The molecule has 6 aromatic rings. The lowest BCUT2D eigenvalue weighted by molar-refractivity contribution is 0.862. The molecular weight excluding hydrogens is 516 g/mol. The largest absolute Gasteiger partial charge is 0.0622 e. The van der Waals surface area contributed by atoms with Crippen LogP contribution in [0.15, 0.2) is 121 Å². The van der Waals surface area contributed by atoms with Crippen molar-refractivity contribution in [1.29, 1.82) is 0 Å². The van der Waals surface area contributed by atoms with Gasteiger partial charge in [-0.2, -0.15) is 0 Å². The van der Waals surface area contributed by atoms with E-state index in [1.165, 1.54) is 66.1 Å². The highest BCUT2D eigenvalue weighted by Crippen LogP contribution is 2.45. The highest BCUT2D eigenvalue weighted by Gasteiger charge is 2.19. The summed E-state index contributed by atoms with van der Waals surface area (Å²) in [6.07, 6.45) is 1.14. The van der Waals surface area contributed by atoms with E-state index in [-0.39, 0.29) is 0 Å². The Kier molecular flexibility index (Phi) is 9.46. The summed E-state index contributed by atoms with van der Waals surface area (Å²) in [7, 11) is 0. The minimum Gasteiger partial charge on any atom is -0.0622 e. The predicted octanol–water partition coefficient (Wildman–Crippen LogP) is 12.9. The van der Waals surface area contributed by atoms with Crippen LogP contribution in [0.1, 0.15) is 88.5 Å². The molecule has 0 spiro atoms. The Bertz CT molecular complexity index is 1690. The van der Waals surface area contributed by atoms with Crippen molar-refractivity contribution in [3.05, 3.63) is 144 Å². The van der Waals surface area contributed by atoms with Crippen molar-refractivity contribution in [3.63, 3.8) is 0 Å². The zero-order chi connectivity index (χ0) is 30.5. The highest BCUT2D eigenvalue weighted by molar-refractivity contribution is 6.21. The van der Waals surface area contributed by atoms with Gasteiger partial charge in [0.05, 0.1) is 0 Å². The maximum Gasteiger partial charge on any atom is -0.00202 e. The molecule has 0 aliphatic rings. The summed E-state index contributed by atoms with van der Waals surface area (Å²) in [6, 6.07) is 44.8. The van der Waals surface area contributed by atoms with Crippen LogP contribution in [0, 0.1) is 0 Å². The molecule has 6 aromatic carbocycles. The van der Waals surface area contributed by atoms with Crippen LogP contribution in [0.4, 0.5) is 0 Å². The standard InChI is InChI=1S/C32H30.C11H16/c1-21(2)25-15-17-27-28-18-16-26(22(3)4)20-30(28)32(24-13-9-6-10-14-24)31(29(27)19-25)23-11-7-5-8-12-23;1-4-10-6-5-7-11(8-10)9(2)3/h5-22H,1-4H3;5-9H,4H2,1-3H3. The summed E-state index contributed by atoms with van der Waals surface area (Å²) < 4.78 is 0. The molecule has 0 bridgehead atoms. The second-order valence-electron chi connectivity index (χ2n) is 12.7. The molecule has 0 atom stereocenters. The van der Waals surface area contributed by atoms with E-state index in [1.807, 2.05) is 0 Å². The monoisotopic (exact) mass is 562 g/mol. The molecule has 0 amide bonds. The molecule has 43 heavy (non-hydrogen) atoms. The van der Waals surface area contributed by atoms with Crippen LogP contribution < -0.4 is 0 Å². The molecule has 0 aliphatic carbocycles. The molecule has 218 valence electrons. The number of fused-ring (bicyclic) bond motifs is 3. The lowest BCUT2D eigenvalue weighted by Crippen LogP contribution is -1.95. The molecule has 0 aliphatic heterocycles. The summed E-state index contributed by atoms with van der Waals surface area (Å²) in [5, 5.41) is 5.34. The molecule has 0 N–H and O–H groups in total. The van der Waals surface area contributed by atoms with Gasteiger partial charge in [0.1, 0.15) is 0 Å². The van der Waals surface area contributed by atoms with Crippen LogP contribution in [0.2, 0.25) is 0 Å². The maximum absolute atomic E-state index is 2.42. The molecule has 0 nitrogen and oxygen atoms in total. The SMILES string of the molecule is CC(C)c1ccc2c(c1)c(-c1ccccc1)c(-c1ccccc1)c1cc(C(C)C)ccc12.CCc1cccc(C(C)C)c1. The number of aryl methyl sites for hydroxylation is 1. The van der Waals surface area contributed by atoms with Crippen molar-refractivity contribution < 1.29 is 0 Å². The third-order valence-corrected chi connectivity index (χ3v) is 8.65. The van der Waals surface area contributed by atoms with Crippen molar-refractivity contribution in [2.45, 2.75) is 72.6 Å². The van der Waals surface area contributed by atoms with Crippen molar-refractivity contribution in [3.8, 4) is 22.3 Å². The van der Waals surface area contributed by atoms with E-state index in [2.05, 4.69) is 170 Å². The average molecular weight is 563 g/mol. The van der Waals surface area contributed by atoms with Gasteiger partial charge in [-0.15, -0.1) is 0 Å². The Labute approximate surface area is 259 Å². The van der Waals surface area contributed by atoms with Crippen molar-refractivity contribution in [2.75, 3.05) is 0 Å². The zero-order valence-electron chi connectivity index (χ0n) is 27.0. The molecule has 0 unspecified atom stereocenters. The van der Waals surface area contributed by atoms with Crippen molar-refractivity contribution >= 4 is 21.5 Å². The van der Waals surface area contributed by atoms with Gasteiger partial charge in [-0.3, -0.25) is 0 Å². The van der Waals surface area contributed by atoms with Crippen LogP contribution in [-0.2, 0) is 6.42 Å². The van der Waals surface area contributed by atoms with Crippen LogP contribution in [0.5, 0.6) is 0 Å². The normalized spacial score (nSPS) is 11.4. The Morgan fingerprint density at radius 1 is 0.395 bits per heavy atom. The first-order chi connectivity index (χ1) is 20.8. The summed E-state index contributed by atoms with van der Waals surface area (Å²) in [5.74, 6) is 1.63. The second-order valence-corrected chi connectivity index (χ2v) is 12.7. The third kappa shape index (κ3) is 6.60. The summed E-state index contributed by atoms with van der Waals surface area (Å²) in [6.45, 7) is 15.8. The van der Waals surface area contributed by atoms with Crippen LogP contribution in [-0.4, -0.2) is 0 Å². The van der Waals surface area contributed by atoms with E-state index in [1.54, 1.807) is 0 Å². The van der Waals surface area contributed by atoms with E-state index >= 15 is 0 Å². The third-order valence-electron chi connectivity index (χ3n) is 8.65. The predicted molar refractivity (Wildman–Crippen MR) is 190 cm³/mol. The lowest BCUT2D eigenvalue weighted by Gasteiger charge is -2.21. The van der Waals surface area contributed by atoms with Gasteiger partial charge in [0.15, 0.2) is 0 Å². The van der Waals surface area contributed by atoms with E-state index in [9.17, 15) is 0 Å². The fourth-order valence-corrected chi connectivity index (χ4v) is 5.98. The molecule has 6 rings (SSSR count). The van der Waals surface area contributed by atoms with Gasteiger partial charge in [0, 0.05) is 0 Å². The first-order valence-corrected chi connectivity index (χ1v) is 16.0. The average Bonchev–Trinajstić information content (AvgIpc) is 3.04. The Morgan fingerprint density at radius 2 is 0.814 bits per heavy atom. The zero-order valence-corrected chi connectivity index (χ0v) is 27.0. The summed E-state index contributed by atoms with van der Waals surface area (Å²) >= 11 is 0. The molecule has 0 heteroatoms. The number of hydrogen-bond donors (Lipinski definition) is 0. The first kappa shape index (κ1) is 30.3. The smallest absolute Gasteiger partial charge is 0.00202 e. The van der Waals surface area contributed by atoms with E-state index in [0.29, 0.717) is 17.8 Å². The van der Waals surface area contributed by atoms with Crippen LogP contribution in [0.3, 0.4) is 0 Å². The first-order valence-electron chi connectivity index (χ1n) is 16.0. The molecule has 0 heterocycles. The fraction of sp³-hybridized carbons (Fsp3) is 0.256. The van der Waals surface area contributed by atoms with Crippen LogP contribution >= 0.6 is 0 Å². The van der Waals surface area contributed by atoms with Gasteiger partial charge < -0.3 is 0 Å². The van der Waals surface area contributed by atoms with Gasteiger partial charge in [-0.1, -0.05) is 170 Å². The topological polar surface area (TPSA) is 0 Å². The second kappa shape index (κ2) is 13.4. The molecule has 0 aromatic heterocycles. The van der Waals surface area contributed by atoms with Crippen LogP contribution in [0.25, 0.3) is 43.8 Å². The molecule has 0 fully saturated rings. The van der Waals surface area contributed by atoms with Crippen molar-refractivity contribution in [2.24, 2.45) is 0 Å². The van der Waals surface area contributed by atoms with Gasteiger partial charge in [0.25, 0.3) is 0 Å². The molecule has 0 radical (unpaired) electrons. The maximum atomic E-state index is 2.42. The van der Waals surface area contributed by atoms with Gasteiger partial charge in [0.2, 0.25) is 0 Å².